The second-order valence-electron chi connectivity index (χ2n) is 11.9. The standard InChI is InChI=1S/2C16H21.C2H6Si.2FH.Zr/c2*1-10(2)13-8-14-6-12(5)7-16(14)15(9-13)11(3)4;1-3-2;;;/h2*6-11H,1-5H3;1-2H3;2*1H;/q2*-1;;;;+2/p-2. The monoisotopic (exact) mass is 612 g/mol. The summed E-state index contributed by atoms with van der Waals surface area (Å²) in [6.07, 6.45) is 0. The minimum atomic E-state index is 0. The SMILES string of the molecule is C[Si](C)=[Zr+2].Cc1cc2c(C(C)C)cc(C(C)C)cc2[cH-]1.Cc1cc2c(C(C)C)cc(C(C)C)cc2[cH-]1.[F-].[F-]. The number of hydrogen-bond donors (Lipinski definition) is 0. The molecule has 0 nitrogen and oxygen atoms in total. The summed E-state index contributed by atoms with van der Waals surface area (Å²) in [6, 6.07) is 18.7. The van der Waals surface area contributed by atoms with Gasteiger partial charge in [0, 0.05) is 0 Å². The van der Waals surface area contributed by atoms with Gasteiger partial charge in [-0.3, -0.25) is 0 Å². The third kappa shape index (κ3) is 9.98. The van der Waals surface area contributed by atoms with Gasteiger partial charge in [-0.05, 0) is 23.7 Å². The molecule has 0 radical (unpaired) electrons. The Morgan fingerprint density at radius 2 is 0.842 bits per heavy atom. The van der Waals surface area contributed by atoms with Crippen molar-refractivity contribution in [2.24, 2.45) is 0 Å². The molecule has 4 rings (SSSR count). The Bertz CT molecular complexity index is 1210. The van der Waals surface area contributed by atoms with Crippen molar-refractivity contribution in [1.29, 1.82) is 0 Å². The van der Waals surface area contributed by atoms with Crippen LogP contribution in [0.1, 0.15) is 112 Å². The second-order valence-corrected chi connectivity index (χ2v) is 21.3. The quantitative estimate of drug-likeness (QED) is 0.224. The van der Waals surface area contributed by atoms with Gasteiger partial charge in [-0.15, -0.1) is 56.9 Å². The van der Waals surface area contributed by atoms with Gasteiger partial charge in [0.15, 0.2) is 0 Å². The van der Waals surface area contributed by atoms with E-state index in [1.165, 1.54) is 54.9 Å². The maximum absolute atomic E-state index is 2.39. The molecular formula is C34H48F2SiZr-2. The summed E-state index contributed by atoms with van der Waals surface area (Å²) in [4.78, 5) is 0. The van der Waals surface area contributed by atoms with Crippen LogP contribution in [0.15, 0.2) is 48.5 Å². The molecule has 0 aromatic heterocycles. The number of benzene rings is 2. The van der Waals surface area contributed by atoms with Crippen LogP contribution in [-0.4, -0.2) is 5.43 Å². The number of aryl methyl sites for hydroxylation is 2. The number of hydrogen-bond acceptors (Lipinski definition) is 0. The molecule has 208 valence electrons. The summed E-state index contributed by atoms with van der Waals surface area (Å²) in [6.45, 7) is 27.2. The Labute approximate surface area is 246 Å². The third-order valence-electron chi connectivity index (χ3n) is 6.62. The molecule has 0 saturated heterocycles. The minimum absolute atomic E-state index is 0. The molecule has 0 atom stereocenters. The molecule has 0 saturated carbocycles. The van der Waals surface area contributed by atoms with Crippen LogP contribution >= 0.6 is 0 Å². The van der Waals surface area contributed by atoms with Gasteiger partial charge in [0.25, 0.3) is 0 Å². The number of fused-ring (bicyclic) bond motifs is 2. The van der Waals surface area contributed by atoms with E-state index in [1.807, 2.05) is 0 Å². The normalized spacial score (nSPS) is 10.8. The Morgan fingerprint density at radius 1 is 0.553 bits per heavy atom. The molecule has 0 spiro atoms. The Morgan fingerprint density at radius 3 is 1.08 bits per heavy atom. The van der Waals surface area contributed by atoms with Crippen molar-refractivity contribution in [3.05, 3.63) is 81.9 Å². The van der Waals surface area contributed by atoms with E-state index in [2.05, 4.69) is 131 Å². The Kier molecular flexibility index (Phi) is 15.4. The summed E-state index contributed by atoms with van der Waals surface area (Å²) in [5.41, 5.74) is 8.87. The number of rotatable bonds is 4. The molecule has 0 aliphatic rings. The topological polar surface area (TPSA) is 0 Å². The molecule has 4 aromatic carbocycles. The van der Waals surface area contributed by atoms with Crippen molar-refractivity contribution in [1.82, 2.24) is 0 Å². The van der Waals surface area contributed by atoms with Crippen molar-refractivity contribution >= 4 is 27.0 Å². The van der Waals surface area contributed by atoms with E-state index in [0.29, 0.717) is 23.7 Å². The molecule has 0 N–H and O–H groups in total. The largest absolute Gasteiger partial charge is 1.00 e. The summed E-state index contributed by atoms with van der Waals surface area (Å²) in [5.74, 6) is 2.42. The molecule has 4 aromatic rings. The minimum Gasteiger partial charge on any atom is -1.00 e. The van der Waals surface area contributed by atoms with Gasteiger partial charge in [0.05, 0.1) is 0 Å². The molecule has 0 heterocycles. The number of halogens is 2. The van der Waals surface area contributed by atoms with Gasteiger partial charge in [0.1, 0.15) is 0 Å². The van der Waals surface area contributed by atoms with Crippen molar-refractivity contribution in [3.63, 3.8) is 0 Å². The fourth-order valence-electron chi connectivity index (χ4n) is 4.67. The Balaban J connectivity index is 0.000000604. The van der Waals surface area contributed by atoms with Gasteiger partial charge in [-0.2, -0.15) is 12.1 Å². The first kappa shape index (κ1) is 36.6. The van der Waals surface area contributed by atoms with Gasteiger partial charge in [-0.1, -0.05) is 104 Å². The fraction of sp³-hybridized carbons (Fsp3) is 0.471. The molecule has 0 aliphatic heterocycles. The molecule has 0 aliphatic carbocycles. The zero-order valence-corrected chi connectivity index (χ0v) is 29.1. The average Bonchev–Trinajstić information content (AvgIpc) is 3.32. The third-order valence-corrected chi connectivity index (χ3v) is 6.62. The molecule has 0 amide bonds. The van der Waals surface area contributed by atoms with Gasteiger partial charge >= 0.3 is 41.9 Å². The fourth-order valence-corrected chi connectivity index (χ4v) is 4.67. The van der Waals surface area contributed by atoms with E-state index < -0.39 is 0 Å². The second kappa shape index (κ2) is 16.0. The van der Waals surface area contributed by atoms with Gasteiger partial charge in [0.2, 0.25) is 0 Å². The molecular weight excluding hydrogens is 566 g/mol. The predicted octanol–water partition coefficient (Wildman–Crippen LogP) is 5.02. The van der Waals surface area contributed by atoms with Crippen LogP contribution < -0.4 is 9.41 Å². The zero-order chi connectivity index (χ0) is 27.3. The van der Waals surface area contributed by atoms with Crippen molar-refractivity contribution in [3.8, 4) is 0 Å². The summed E-state index contributed by atoms with van der Waals surface area (Å²) >= 11 is 1.74. The maximum Gasteiger partial charge on any atom is -0.0306 e. The predicted molar refractivity (Wildman–Crippen MR) is 162 cm³/mol. The summed E-state index contributed by atoms with van der Waals surface area (Å²) in [5, 5.41) is 5.70. The molecule has 0 unspecified atom stereocenters. The molecule has 0 bridgehead atoms. The maximum atomic E-state index is 2.39. The zero-order valence-electron chi connectivity index (χ0n) is 25.7. The van der Waals surface area contributed by atoms with E-state index in [4.69, 9.17) is 0 Å². The first-order valence-electron chi connectivity index (χ1n) is 13.6. The molecule has 38 heavy (non-hydrogen) atoms. The van der Waals surface area contributed by atoms with E-state index in [-0.39, 0.29) is 14.8 Å². The van der Waals surface area contributed by atoms with E-state index in [0.717, 1.165) is 0 Å². The van der Waals surface area contributed by atoms with Crippen LogP contribution in [0, 0.1) is 13.8 Å². The molecule has 4 heteroatoms. The first-order valence-corrected chi connectivity index (χ1v) is 19.8. The van der Waals surface area contributed by atoms with Crippen molar-refractivity contribution < 1.29 is 32.7 Å². The van der Waals surface area contributed by atoms with Crippen LogP contribution in [-0.2, 0) is 23.3 Å². The average molecular weight is 614 g/mol. The summed E-state index contributed by atoms with van der Waals surface area (Å²) < 4.78 is 0. The van der Waals surface area contributed by atoms with Crippen LogP contribution in [0.25, 0.3) is 21.5 Å². The van der Waals surface area contributed by atoms with Crippen LogP contribution in [0.2, 0.25) is 13.1 Å². The van der Waals surface area contributed by atoms with E-state index in [1.54, 1.807) is 23.3 Å². The smallest absolute Gasteiger partial charge is 0.0306 e. The van der Waals surface area contributed by atoms with Crippen LogP contribution in [0.5, 0.6) is 0 Å². The van der Waals surface area contributed by atoms with Gasteiger partial charge in [-0.25, -0.2) is 0 Å². The van der Waals surface area contributed by atoms with Gasteiger partial charge < -0.3 is 9.41 Å². The molecule has 0 fully saturated rings. The Hall–Kier alpha value is -1.38. The van der Waals surface area contributed by atoms with Crippen molar-refractivity contribution in [2.75, 3.05) is 0 Å². The van der Waals surface area contributed by atoms with E-state index >= 15 is 0 Å². The first-order chi connectivity index (χ1) is 16.7. The van der Waals surface area contributed by atoms with Crippen LogP contribution in [0.4, 0.5) is 0 Å². The van der Waals surface area contributed by atoms with Crippen LogP contribution in [0.3, 0.4) is 0 Å². The van der Waals surface area contributed by atoms with Crippen molar-refractivity contribution in [2.45, 2.75) is 106 Å². The van der Waals surface area contributed by atoms with E-state index in [9.17, 15) is 0 Å². The summed E-state index contributed by atoms with van der Waals surface area (Å²) in [7, 11) is 0.